The maximum absolute atomic E-state index is 13.6. The molecular weight excluding hydrogens is 366 g/mol. The molecule has 1 amide bonds. The minimum atomic E-state index is 0.0479. The molecule has 2 fully saturated rings. The Bertz CT molecular complexity index is 798. The second-order valence-electron chi connectivity index (χ2n) is 8.34. The minimum absolute atomic E-state index is 0.0479. The second kappa shape index (κ2) is 9.13. The molecule has 4 rings (SSSR count). The predicted molar refractivity (Wildman–Crippen MR) is 112 cm³/mol. The molecule has 0 aromatic carbocycles. The van der Waals surface area contributed by atoms with E-state index in [1.165, 1.54) is 45.2 Å². The summed E-state index contributed by atoms with van der Waals surface area (Å²) < 4.78 is 9.06. The molecular formula is C22H33N5O2. The highest BCUT2D eigenvalue weighted by atomic mass is 16.5. The number of carbonyl (C=O) groups excluding carboxylic acids is 1. The molecule has 2 saturated heterocycles. The van der Waals surface area contributed by atoms with E-state index in [4.69, 9.17) is 4.74 Å². The number of aromatic nitrogens is 3. The smallest absolute Gasteiger partial charge is 0.259 e. The SMILES string of the molecule is COCCN(CC1CCCN2CCCCC12)C(=O)c1cnn(C)c1-n1cccc1. The number of nitrogens with zero attached hydrogens (tertiary/aromatic N) is 5. The Balaban J connectivity index is 1.56. The summed E-state index contributed by atoms with van der Waals surface area (Å²) in [6.45, 7) is 4.38. The summed E-state index contributed by atoms with van der Waals surface area (Å²) in [6, 6.07) is 4.54. The van der Waals surface area contributed by atoms with E-state index in [-0.39, 0.29) is 5.91 Å². The predicted octanol–water partition coefficient (Wildman–Crippen LogP) is 2.56. The van der Waals surface area contributed by atoms with Crippen molar-refractivity contribution in [3.63, 3.8) is 0 Å². The van der Waals surface area contributed by atoms with Gasteiger partial charge in [0.1, 0.15) is 11.4 Å². The summed E-state index contributed by atoms with van der Waals surface area (Å²) in [5.41, 5.74) is 0.649. The van der Waals surface area contributed by atoms with E-state index in [9.17, 15) is 4.79 Å². The van der Waals surface area contributed by atoms with Gasteiger partial charge in [0.05, 0.1) is 12.8 Å². The van der Waals surface area contributed by atoms with Gasteiger partial charge in [-0.1, -0.05) is 6.42 Å². The van der Waals surface area contributed by atoms with Crippen molar-refractivity contribution in [2.75, 3.05) is 39.9 Å². The number of methoxy groups -OCH3 is 1. The molecule has 29 heavy (non-hydrogen) atoms. The van der Waals surface area contributed by atoms with Crippen molar-refractivity contribution in [1.29, 1.82) is 0 Å². The van der Waals surface area contributed by atoms with Crippen molar-refractivity contribution in [2.45, 2.75) is 38.1 Å². The lowest BCUT2D eigenvalue weighted by atomic mass is 9.83. The van der Waals surface area contributed by atoms with E-state index in [2.05, 4.69) is 10.00 Å². The van der Waals surface area contributed by atoms with Crippen LogP contribution >= 0.6 is 0 Å². The third-order valence-corrected chi connectivity index (χ3v) is 6.52. The van der Waals surface area contributed by atoms with Gasteiger partial charge in [-0.05, 0) is 56.8 Å². The fraction of sp³-hybridized carbons (Fsp3) is 0.636. The average Bonchev–Trinajstić information content (AvgIpc) is 3.40. The third-order valence-electron chi connectivity index (χ3n) is 6.52. The summed E-state index contributed by atoms with van der Waals surface area (Å²) in [6.07, 6.45) is 11.9. The van der Waals surface area contributed by atoms with E-state index in [1.807, 2.05) is 41.0 Å². The number of amides is 1. The van der Waals surface area contributed by atoms with Gasteiger partial charge in [-0.15, -0.1) is 0 Å². The van der Waals surface area contributed by atoms with E-state index >= 15 is 0 Å². The molecule has 0 bridgehead atoms. The summed E-state index contributed by atoms with van der Waals surface area (Å²) in [5, 5.41) is 4.38. The second-order valence-corrected chi connectivity index (χ2v) is 8.34. The number of rotatable bonds is 7. The Morgan fingerprint density at radius 3 is 2.79 bits per heavy atom. The molecule has 0 spiro atoms. The summed E-state index contributed by atoms with van der Waals surface area (Å²) in [5.74, 6) is 1.40. The molecule has 2 aliphatic rings. The van der Waals surface area contributed by atoms with Gasteiger partial charge in [0.15, 0.2) is 0 Å². The minimum Gasteiger partial charge on any atom is -0.383 e. The number of hydrogen-bond donors (Lipinski definition) is 0. The van der Waals surface area contributed by atoms with Crippen LogP contribution in [0.25, 0.3) is 5.82 Å². The highest BCUT2D eigenvalue weighted by Gasteiger charge is 2.35. The average molecular weight is 400 g/mol. The first-order valence-electron chi connectivity index (χ1n) is 10.9. The Labute approximate surface area is 173 Å². The summed E-state index contributed by atoms with van der Waals surface area (Å²) in [4.78, 5) is 18.3. The Hall–Kier alpha value is -2.12. The fourth-order valence-electron chi connectivity index (χ4n) is 5.08. The van der Waals surface area contributed by atoms with Crippen molar-refractivity contribution in [3.05, 3.63) is 36.3 Å². The molecule has 2 aliphatic heterocycles. The molecule has 2 aromatic heterocycles. The van der Waals surface area contributed by atoms with E-state index < -0.39 is 0 Å². The van der Waals surface area contributed by atoms with Gasteiger partial charge in [-0.3, -0.25) is 9.48 Å². The van der Waals surface area contributed by atoms with Gasteiger partial charge in [-0.2, -0.15) is 5.10 Å². The van der Waals surface area contributed by atoms with Crippen molar-refractivity contribution in [1.82, 2.24) is 24.1 Å². The van der Waals surface area contributed by atoms with Crippen LogP contribution in [0.2, 0.25) is 0 Å². The van der Waals surface area contributed by atoms with Crippen LogP contribution in [0.5, 0.6) is 0 Å². The normalized spacial score (nSPS) is 22.4. The number of fused-ring (bicyclic) bond motifs is 1. The number of hydrogen-bond acceptors (Lipinski definition) is 4. The van der Waals surface area contributed by atoms with Crippen LogP contribution in [0.3, 0.4) is 0 Å². The number of piperidine rings is 2. The Morgan fingerprint density at radius 2 is 2.00 bits per heavy atom. The van der Waals surface area contributed by atoms with Gasteiger partial charge in [-0.25, -0.2) is 0 Å². The first-order valence-corrected chi connectivity index (χ1v) is 10.9. The number of ether oxygens (including phenoxy) is 1. The maximum Gasteiger partial charge on any atom is 0.259 e. The lowest BCUT2D eigenvalue weighted by Crippen LogP contribution is -2.52. The van der Waals surface area contributed by atoms with E-state index in [1.54, 1.807) is 18.0 Å². The first-order chi connectivity index (χ1) is 14.2. The molecule has 0 N–H and O–H groups in total. The van der Waals surface area contributed by atoms with Crippen LogP contribution in [0.1, 0.15) is 42.5 Å². The molecule has 0 radical (unpaired) electrons. The quantitative estimate of drug-likeness (QED) is 0.718. The van der Waals surface area contributed by atoms with Crippen LogP contribution in [-0.2, 0) is 11.8 Å². The van der Waals surface area contributed by atoms with Gasteiger partial charge in [0.2, 0.25) is 0 Å². The molecule has 0 aliphatic carbocycles. The molecule has 4 heterocycles. The van der Waals surface area contributed by atoms with Crippen LogP contribution in [0.4, 0.5) is 0 Å². The van der Waals surface area contributed by atoms with Crippen molar-refractivity contribution >= 4 is 5.91 Å². The zero-order valence-corrected chi connectivity index (χ0v) is 17.7. The number of aryl methyl sites for hydroxylation is 1. The van der Waals surface area contributed by atoms with Crippen molar-refractivity contribution in [2.24, 2.45) is 13.0 Å². The monoisotopic (exact) mass is 399 g/mol. The van der Waals surface area contributed by atoms with Crippen molar-refractivity contribution < 1.29 is 9.53 Å². The Kier molecular flexibility index (Phi) is 6.35. The summed E-state index contributed by atoms with van der Waals surface area (Å²) >= 11 is 0. The number of carbonyl (C=O) groups is 1. The highest BCUT2D eigenvalue weighted by Crippen LogP contribution is 2.32. The molecule has 158 valence electrons. The van der Waals surface area contributed by atoms with Gasteiger partial charge in [0.25, 0.3) is 5.91 Å². The first kappa shape index (κ1) is 20.2. The maximum atomic E-state index is 13.6. The zero-order valence-electron chi connectivity index (χ0n) is 17.7. The van der Waals surface area contributed by atoms with E-state index in [0.717, 1.165) is 12.4 Å². The molecule has 0 saturated carbocycles. The lowest BCUT2D eigenvalue weighted by Gasteiger charge is -2.45. The molecule has 7 heteroatoms. The van der Waals surface area contributed by atoms with Gasteiger partial charge in [0, 0.05) is 45.7 Å². The topological polar surface area (TPSA) is 55.5 Å². The lowest BCUT2D eigenvalue weighted by molar-refractivity contribution is 0.0315. The molecule has 2 atom stereocenters. The summed E-state index contributed by atoms with van der Waals surface area (Å²) in [7, 11) is 3.58. The molecule has 2 unspecified atom stereocenters. The zero-order chi connectivity index (χ0) is 20.2. The Morgan fingerprint density at radius 1 is 1.21 bits per heavy atom. The fourth-order valence-corrected chi connectivity index (χ4v) is 5.08. The standard InChI is InChI=1S/C22H33N5O2/c1-24-21(26-11-5-6-12-26)19(16-23-24)22(28)27(14-15-29-2)17-18-8-7-13-25-10-4-3-9-20(18)25/h5-6,11-12,16,18,20H,3-4,7-10,13-15,17H2,1-2H3. The molecule has 2 aromatic rings. The largest absolute Gasteiger partial charge is 0.383 e. The van der Waals surface area contributed by atoms with Crippen LogP contribution in [0.15, 0.2) is 30.7 Å². The van der Waals surface area contributed by atoms with Crippen LogP contribution in [0, 0.1) is 5.92 Å². The van der Waals surface area contributed by atoms with Gasteiger partial charge >= 0.3 is 0 Å². The van der Waals surface area contributed by atoms with Crippen LogP contribution < -0.4 is 0 Å². The molecule has 7 nitrogen and oxygen atoms in total. The van der Waals surface area contributed by atoms with Gasteiger partial charge < -0.3 is 19.1 Å². The van der Waals surface area contributed by atoms with E-state index in [0.29, 0.717) is 30.7 Å². The third kappa shape index (κ3) is 4.26. The van der Waals surface area contributed by atoms with Crippen molar-refractivity contribution in [3.8, 4) is 5.82 Å². The van der Waals surface area contributed by atoms with Crippen LogP contribution in [-0.4, -0.2) is 76.0 Å². The highest BCUT2D eigenvalue weighted by molar-refractivity contribution is 5.97.